The zero-order valence-corrected chi connectivity index (χ0v) is 7.68. The Hall–Kier alpha value is -0.790. The van der Waals surface area contributed by atoms with E-state index < -0.39 is 0 Å². The highest BCUT2D eigenvalue weighted by Gasteiger charge is 2.00. The quantitative estimate of drug-likeness (QED) is 0.629. The fourth-order valence-electron chi connectivity index (χ4n) is 1.13. The zero-order chi connectivity index (χ0) is 8.81. The van der Waals surface area contributed by atoms with Gasteiger partial charge in [-0.15, -0.1) is 0 Å². The Bertz CT molecular complexity index is 217. The van der Waals surface area contributed by atoms with E-state index in [4.69, 9.17) is 4.42 Å². The summed E-state index contributed by atoms with van der Waals surface area (Å²) in [5.74, 6) is 1.75. The first kappa shape index (κ1) is 9.30. The Morgan fingerprint density at radius 2 is 2.33 bits per heavy atom. The third-order valence-corrected chi connectivity index (χ3v) is 1.84. The van der Waals surface area contributed by atoms with Gasteiger partial charge < -0.3 is 4.42 Å². The van der Waals surface area contributed by atoms with Gasteiger partial charge in [0.25, 0.3) is 0 Å². The molecule has 1 heterocycles. The van der Waals surface area contributed by atoms with Crippen LogP contribution in [0.5, 0.6) is 0 Å². The van der Waals surface area contributed by atoms with Crippen LogP contribution in [-0.2, 0) is 12.8 Å². The van der Waals surface area contributed by atoms with Crippen LogP contribution in [0.25, 0.3) is 0 Å². The highest BCUT2D eigenvalue weighted by Crippen LogP contribution is 2.08. The number of aromatic nitrogens is 1. The van der Waals surface area contributed by atoms with Crippen molar-refractivity contribution in [2.45, 2.75) is 39.0 Å². The first-order valence-electron chi connectivity index (χ1n) is 4.59. The van der Waals surface area contributed by atoms with Gasteiger partial charge in [-0.3, -0.25) is 0 Å². The van der Waals surface area contributed by atoms with Crippen molar-refractivity contribution in [3.8, 4) is 0 Å². The van der Waals surface area contributed by atoms with Crippen molar-refractivity contribution in [1.82, 2.24) is 4.98 Å². The summed E-state index contributed by atoms with van der Waals surface area (Å²) in [4.78, 5) is 4.08. The molecule has 2 nitrogen and oxygen atoms in total. The summed E-state index contributed by atoms with van der Waals surface area (Å²) in [6, 6.07) is 0. The average Bonchev–Trinajstić information content (AvgIpc) is 2.53. The molecule has 0 unspecified atom stereocenters. The normalized spacial score (nSPS) is 10.5. The molecular formula is C10H16NO. The lowest BCUT2D eigenvalue weighted by atomic mass is 10.2. The van der Waals surface area contributed by atoms with Crippen LogP contribution in [0.3, 0.4) is 0 Å². The third-order valence-electron chi connectivity index (χ3n) is 1.84. The number of hydrogen-bond acceptors (Lipinski definition) is 2. The Morgan fingerprint density at radius 3 is 2.92 bits per heavy atom. The van der Waals surface area contributed by atoms with Crippen molar-refractivity contribution in [3.63, 3.8) is 0 Å². The SMILES string of the molecule is [CH2]Cc1ncc(CCCCC)o1. The molecule has 1 rings (SSSR count). The molecule has 0 aromatic carbocycles. The largest absolute Gasteiger partial charge is 0.446 e. The van der Waals surface area contributed by atoms with Crippen molar-refractivity contribution >= 4 is 0 Å². The molecule has 0 fully saturated rings. The van der Waals surface area contributed by atoms with Crippen LogP contribution in [0.15, 0.2) is 10.6 Å². The predicted molar refractivity (Wildman–Crippen MR) is 48.8 cm³/mol. The van der Waals surface area contributed by atoms with E-state index in [1.165, 1.54) is 19.3 Å². The van der Waals surface area contributed by atoms with Crippen LogP contribution in [0.1, 0.15) is 37.8 Å². The summed E-state index contributed by atoms with van der Waals surface area (Å²) in [6.07, 6.45) is 7.18. The summed E-state index contributed by atoms with van der Waals surface area (Å²) in [6.45, 7) is 5.91. The minimum absolute atomic E-state index is 0.647. The molecule has 1 radical (unpaired) electrons. The summed E-state index contributed by atoms with van der Waals surface area (Å²) >= 11 is 0. The van der Waals surface area contributed by atoms with E-state index in [0.29, 0.717) is 6.42 Å². The number of oxazole rings is 1. The maximum atomic E-state index is 5.41. The molecule has 0 spiro atoms. The van der Waals surface area contributed by atoms with Crippen molar-refractivity contribution in [2.75, 3.05) is 0 Å². The van der Waals surface area contributed by atoms with Gasteiger partial charge in [-0.25, -0.2) is 4.98 Å². The van der Waals surface area contributed by atoms with Crippen molar-refractivity contribution in [3.05, 3.63) is 24.8 Å². The number of aryl methyl sites for hydroxylation is 1. The van der Waals surface area contributed by atoms with Crippen LogP contribution in [0.2, 0.25) is 0 Å². The predicted octanol–water partition coefficient (Wildman–Crippen LogP) is 2.78. The molecular weight excluding hydrogens is 150 g/mol. The van der Waals surface area contributed by atoms with Gasteiger partial charge in [-0.1, -0.05) is 19.8 Å². The molecule has 0 aliphatic heterocycles. The van der Waals surface area contributed by atoms with Gasteiger partial charge in [-0.2, -0.15) is 0 Å². The molecule has 0 aliphatic carbocycles. The minimum atomic E-state index is 0.647. The van der Waals surface area contributed by atoms with Gasteiger partial charge in [0.05, 0.1) is 6.20 Å². The lowest BCUT2D eigenvalue weighted by molar-refractivity contribution is 0.457. The topological polar surface area (TPSA) is 26.0 Å². The molecule has 0 amide bonds. The standard InChI is InChI=1S/C10H16NO/c1-3-5-6-7-9-8-11-10(4-2)12-9/h8H,2-7H2,1H3. The monoisotopic (exact) mass is 166 g/mol. The second-order valence-corrected chi connectivity index (χ2v) is 2.93. The van der Waals surface area contributed by atoms with Crippen LogP contribution in [0.4, 0.5) is 0 Å². The van der Waals surface area contributed by atoms with Crippen LogP contribution < -0.4 is 0 Å². The van der Waals surface area contributed by atoms with Crippen LogP contribution in [0, 0.1) is 6.92 Å². The Morgan fingerprint density at radius 1 is 1.50 bits per heavy atom. The van der Waals surface area contributed by atoms with E-state index in [-0.39, 0.29) is 0 Å². The zero-order valence-electron chi connectivity index (χ0n) is 7.68. The number of unbranched alkanes of at least 4 members (excludes halogenated alkanes) is 2. The summed E-state index contributed by atoms with van der Waals surface area (Å²) < 4.78 is 5.41. The van der Waals surface area contributed by atoms with Crippen molar-refractivity contribution in [1.29, 1.82) is 0 Å². The van der Waals surface area contributed by atoms with Crippen LogP contribution >= 0.6 is 0 Å². The first-order chi connectivity index (χ1) is 5.86. The van der Waals surface area contributed by atoms with E-state index >= 15 is 0 Å². The average molecular weight is 166 g/mol. The number of nitrogens with zero attached hydrogens (tertiary/aromatic N) is 1. The second-order valence-electron chi connectivity index (χ2n) is 2.93. The number of hydrogen-bond donors (Lipinski definition) is 0. The molecule has 2 heteroatoms. The lowest BCUT2D eigenvalue weighted by Crippen LogP contribution is -1.81. The van der Waals surface area contributed by atoms with Gasteiger partial charge >= 0.3 is 0 Å². The Balaban J connectivity index is 2.31. The highest BCUT2D eigenvalue weighted by atomic mass is 16.4. The minimum Gasteiger partial charge on any atom is -0.446 e. The summed E-state index contributed by atoms with van der Waals surface area (Å²) in [7, 11) is 0. The molecule has 0 atom stereocenters. The van der Waals surface area contributed by atoms with E-state index in [0.717, 1.165) is 18.1 Å². The van der Waals surface area contributed by atoms with E-state index in [2.05, 4.69) is 18.8 Å². The summed E-state index contributed by atoms with van der Waals surface area (Å²) in [5.41, 5.74) is 0. The van der Waals surface area contributed by atoms with Crippen molar-refractivity contribution < 1.29 is 4.42 Å². The van der Waals surface area contributed by atoms with Gasteiger partial charge in [0.15, 0.2) is 5.89 Å². The molecule has 0 saturated heterocycles. The maximum absolute atomic E-state index is 5.41. The third kappa shape index (κ3) is 2.68. The molecule has 0 saturated carbocycles. The Labute approximate surface area is 74.0 Å². The van der Waals surface area contributed by atoms with Gasteiger partial charge in [-0.05, 0) is 13.3 Å². The second kappa shape index (κ2) is 4.96. The molecule has 0 N–H and O–H groups in total. The fourth-order valence-corrected chi connectivity index (χ4v) is 1.13. The van der Waals surface area contributed by atoms with E-state index in [1.54, 1.807) is 0 Å². The maximum Gasteiger partial charge on any atom is 0.194 e. The number of rotatable bonds is 5. The molecule has 12 heavy (non-hydrogen) atoms. The molecule has 0 bridgehead atoms. The Kier molecular flexibility index (Phi) is 3.85. The van der Waals surface area contributed by atoms with Crippen LogP contribution in [-0.4, -0.2) is 4.98 Å². The molecule has 1 aromatic rings. The van der Waals surface area contributed by atoms with Crippen molar-refractivity contribution in [2.24, 2.45) is 0 Å². The van der Waals surface area contributed by atoms with E-state index in [1.807, 2.05) is 6.20 Å². The smallest absolute Gasteiger partial charge is 0.194 e. The first-order valence-corrected chi connectivity index (χ1v) is 4.59. The van der Waals surface area contributed by atoms with E-state index in [9.17, 15) is 0 Å². The molecule has 0 aliphatic rings. The van der Waals surface area contributed by atoms with Gasteiger partial charge in [0.2, 0.25) is 0 Å². The fraction of sp³-hybridized carbons (Fsp3) is 0.600. The highest BCUT2D eigenvalue weighted by molar-refractivity contribution is 4.94. The van der Waals surface area contributed by atoms with Gasteiger partial charge in [0.1, 0.15) is 5.76 Å². The van der Waals surface area contributed by atoms with Gasteiger partial charge in [0, 0.05) is 12.8 Å². The molecule has 1 aromatic heterocycles. The lowest BCUT2D eigenvalue weighted by Gasteiger charge is -1.93. The molecule has 67 valence electrons. The summed E-state index contributed by atoms with van der Waals surface area (Å²) in [5, 5.41) is 0.